The second kappa shape index (κ2) is 15.8. The number of hydrogen-bond acceptors (Lipinski definition) is 0. The van der Waals surface area contributed by atoms with E-state index in [0.29, 0.717) is 0 Å². The zero-order valence-electron chi connectivity index (χ0n) is 4.52. The van der Waals surface area contributed by atoms with Crippen molar-refractivity contribution in [3.05, 3.63) is 6.92 Å². The average molecular weight is 213 g/mol. The Morgan fingerprint density at radius 1 is 1.57 bits per heavy atom. The fourth-order valence-electron chi connectivity index (χ4n) is 0.250. The van der Waals surface area contributed by atoms with E-state index in [4.69, 9.17) is 0 Å². The zero-order valence-corrected chi connectivity index (χ0v) is 6.83. The molecular weight excluding hydrogens is 202 g/mol. The minimum absolute atomic E-state index is 1.09. The average Bonchev–Trinajstić information content (AvgIpc) is 1.75. The SMILES string of the molecule is [CH2-]CCCC.[Cl][Pd+]. The van der Waals surface area contributed by atoms with Gasteiger partial charge >= 0.3 is 27.7 Å². The summed E-state index contributed by atoms with van der Waals surface area (Å²) in [6.45, 7) is 5.85. The molecule has 48 valence electrons. The summed E-state index contributed by atoms with van der Waals surface area (Å²) in [5.41, 5.74) is 0. The van der Waals surface area contributed by atoms with Crippen LogP contribution in [0.4, 0.5) is 0 Å². The Kier molecular flexibility index (Phi) is 24.4. The van der Waals surface area contributed by atoms with Gasteiger partial charge in [-0.15, -0.1) is 0 Å². The van der Waals surface area contributed by atoms with Crippen LogP contribution in [-0.2, 0) is 18.2 Å². The molecule has 0 nitrogen and oxygen atoms in total. The van der Waals surface area contributed by atoms with Gasteiger partial charge in [-0.3, -0.25) is 0 Å². The first-order valence-corrected chi connectivity index (χ1v) is 4.33. The second-order valence-electron chi connectivity index (χ2n) is 1.21. The van der Waals surface area contributed by atoms with Crippen LogP contribution in [0, 0.1) is 6.92 Å². The molecule has 0 bridgehead atoms. The second-order valence-corrected chi connectivity index (χ2v) is 1.21. The Morgan fingerprint density at radius 3 is 2.00 bits per heavy atom. The number of unbranched alkanes of at least 4 members (excludes halogenated alkanes) is 2. The Balaban J connectivity index is 0. The molecule has 0 saturated carbocycles. The maximum atomic E-state index is 4.49. The number of halogens is 1. The summed E-state index contributed by atoms with van der Waals surface area (Å²) in [6, 6.07) is 0. The van der Waals surface area contributed by atoms with Gasteiger partial charge in [0.05, 0.1) is 0 Å². The molecule has 0 fully saturated rings. The predicted octanol–water partition coefficient (Wildman–Crippen LogP) is 2.70. The van der Waals surface area contributed by atoms with Gasteiger partial charge in [-0.2, -0.15) is 6.42 Å². The molecular formula is C5H11ClPd. The molecule has 0 aromatic heterocycles. The summed E-state index contributed by atoms with van der Waals surface area (Å²) >= 11 is 2.22. The van der Waals surface area contributed by atoms with Crippen molar-refractivity contribution in [2.45, 2.75) is 26.2 Å². The van der Waals surface area contributed by atoms with E-state index in [2.05, 4.69) is 41.6 Å². The van der Waals surface area contributed by atoms with Crippen molar-refractivity contribution >= 4 is 9.53 Å². The fraction of sp³-hybridized carbons (Fsp3) is 0.800. The fourth-order valence-corrected chi connectivity index (χ4v) is 0.250. The van der Waals surface area contributed by atoms with Gasteiger partial charge < -0.3 is 6.92 Å². The third-order valence-electron chi connectivity index (χ3n) is 0.604. The summed E-state index contributed by atoms with van der Waals surface area (Å²) in [7, 11) is 4.49. The Labute approximate surface area is 61.0 Å². The van der Waals surface area contributed by atoms with Crippen molar-refractivity contribution in [2.75, 3.05) is 0 Å². The van der Waals surface area contributed by atoms with Gasteiger partial charge in [-0.05, 0) is 0 Å². The van der Waals surface area contributed by atoms with Crippen LogP contribution < -0.4 is 0 Å². The summed E-state index contributed by atoms with van der Waals surface area (Å²) < 4.78 is 0. The quantitative estimate of drug-likeness (QED) is 0.488. The Morgan fingerprint density at radius 2 is 2.00 bits per heavy atom. The van der Waals surface area contributed by atoms with Gasteiger partial charge in [0.1, 0.15) is 0 Å². The first kappa shape index (κ1) is 10.8. The molecule has 0 aliphatic heterocycles. The molecule has 0 atom stereocenters. The van der Waals surface area contributed by atoms with Gasteiger partial charge in [-0.25, -0.2) is 0 Å². The maximum absolute atomic E-state index is 4.49. The third-order valence-corrected chi connectivity index (χ3v) is 0.604. The van der Waals surface area contributed by atoms with Crippen LogP contribution in [0.15, 0.2) is 0 Å². The molecule has 0 aromatic carbocycles. The summed E-state index contributed by atoms with van der Waals surface area (Å²) in [6.07, 6.45) is 3.65. The van der Waals surface area contributed by atoms with E-state index < -0.39 is 0 Å². The van der Waals surface area contributed by atoms with Crippen molar-refractivity contribution in [1.29, 1.82) is 0 Å². The molecule has 0 amide bonds. The summed E-state index contributed by atoms with van der Waals surface area (Å²) in [5, 5.41) is 0. The van der Waals surface area contributed by atoms with E-state index in [1.165, 1.54) is 12.8 Å². The van der Waals surface area contributed by atoms with E-state index in [-0.39, 0.29) is 0 Å². The molecule has 0 aliphatic rings. The minimum atomic E-state index is 1.09. The monoisotopic (exact) mass is 212 g/mol. The van der Waals surface area contributed by atoms with Crippen LogP contribution in [0.3, 0.4) is 0 Å². The zero-order chi connectivity index (χ0) is 6.12. The van der Waals surface area contributed by atoms with Crippen LogP contribution in [0.25, 0.3) is 0 Å². The molecule has 0 spiro atoms. The van der Waals surface area contributed by atoms with Crippen molar-refractivity contribution in [1.82, 2.24) is 0 Å². The Hall–Kier alpha value is 0.952. The molecule has 0 saturated heterocycles. The van der Waals surface area contributed by atoms with E-state index >= 15 is 0 Å². The number of hydrogen-bond donors (Lipinski definition) is 0. The van der Waals surface area contributed by atoms with Crippen molar-refractivity contribution in [2.24, 2.45) is 0 Å². The van der Waals surface area contributed by atoms with Gasteiger partial charge in [0.25, 0.3) is 0 Å². The van der Waals surface area contributed by atoms with Crippen molar-refractivity contribution < 1.29 is 18.2 Å². The number of rotatable bonds is 2. The molecule has 0 N–H and O–H groups in total. The first-order chi connectivity index (χ1) is 3.41. The molecule has 0 aromatic rings. The predicted molar refractivity (Wildman–Crippen MR) is 30.7 cm³/mol. The van der Waals surface area contributed by atoms with Crippen molar-refractivity contribution in [3.63, 3.8) is 0 Å². The van der Waals surface area contributed by atoms with Crippen molar-refractivity contribution in [3.8, 4) is 0 Å². The van der Waals surface area contributed by atoms with Crippen LogP contribution >= 0.6 is 9.53 Å². The van der Waals surface area contributed by atoms with E-state index in [1.807, 2.05) is 0 Å². The molecule has 2 heteroatoms. The van der Waals surface area contributed by atoms with Crippen LogP contribution in [0.5, 0.6) is 0 Å². The van der Waals surface area contributed by atoms with Crippen LogP contribution in [0.1, 0.15) is 26.2 Å². The molecule has 0 heterocycles. The topological polar surface area (TPSA) is 0 Å². The van der Waals surface area contributed by atoms with Crippen LogP contribution in [-0.4, -0.2) is 0 Å². The van der Waals surface area contributed by atoms with Crippen LogP contribution in [0.2, 0.25) is 0 Å². The third kappa shape index (κ3) is 19.6. The van der Waals surface area contributed by atoms with E-state index in [0.717, 1.165) is 6.42 Å². The van der Waals surface area contributed by atoms with Gasteiger partial charge in [-0.1, -0.05) is 19.8 Å². The van der Waals surface area contributed by atoms with Gasteiger partial charge in [0.15, 0.2) is 0 Å². The summed E-state index contributed by atoms with van der Waals surface area (Å²) in [5.74, 6) is 0. The van der Waals surface area contributed by atoms with Gasteiger partial charge in [0, 0.05) is 0 Å². The normalized spacial score (nSPS) is 7.00. The molecule has 0 radical (unpaired) electrons. The van der Waals surface area contributed by atoms with Gasteiger partial charge in [0.2, 0.25) is 0 Å². The van der Waals surface area contributed by atoms with E-state index in [9.17, 15) is 0 Å². The van der Waals surface area contributed by atoms with E-state index in [1.54, 1.807) is 0 Å². The summed E-state index contributed by atoms with van der Waals surface area (Å²) in [4.78, 5) is 0. The standard InChI is InChI=1S/C5H11.ClH.Pd/c1-3-5-4-2;;/h1,3-5H2,2H3;1H;/q-1;;+2/p-1. The Bertz CT molecular complexity index is 15.6. The molecule has 0 unspecified atom stereocenters. The molecule has 0 rings (SSSR count). The first-order valence-electron chi connectivity index (χ1n) is 2.33. The molecule has 7 heavy (non-hydrogen) atoms. The molecule has 0 aliphatic carbocycles.